The zero-order valence-corrected chi connectivity index (χ0v) is 7.74. The van der Waals surface area contributed by atoms with Crippen molar-refractivity contribution in [2.45, 2.75) is 32.2 Å². The lowest BCUT2D eigenvalue weighted by Crippen LogP contribution is -2.45. The van der Waals surface area contributed by atoms with Crippen LogP contribution in [-0.4, -0.2) is 17.3 Å². The Bertz CT molecular complexity index is 163. The van der Waals surface area contributed by atoms with Crippen LogP contribution in [0.1, 0.15) is 26.7 Å². The van der Waals surface area contributed by atoms with E-state index in [0.717, 1.165) is 12.8 Å². The number of amides is 1. The highest BCUT2D eigenvalue weighted by atomic mass is 35.5. The highest BCUT2D eigenvalue weighted by Gasteiger charge is 2.32. The first-order valence-electron chi connectivity index (χ1n) is 3.93. The molecule has 3 heteroatoms. The third kappa shape index (κ3) is 2.70. The predicted molar refractivity (Wildman–Crippen MR) is 45.7 cm³/mol. The number of hydrogen-bond acceptors (Lipinski definition) is 1. The molecule has 0 bridgehead atoms. The molecule has 0 atom stereocenters. The van der Waals surface area contributed by atoms with Crippen LogP contribution in [0.2, 0.25) is 0 Å². The molecule has 0 heterocycles. The zero-order chi connectivity index (χ0) is 8.48. The summed E-state index contributed by atoms with van der Waals surface area (Å²) in [7, 11) is 0. The van der Waals surface area contributed by atoms with Crippen molar-refractivity contribution in [1.29, 1.82) is 0 Å². The van der Waals surface area contributed by atoms with Gasteiger partial charge in [-0.2, -0.15) is 0 Å². The number of carbonyl (C=O) groups is 1. The van der Waals surface area contributed by atoms with Gasteiger partial charge in [-0.15, -0.1) is 11.6 Å². The second kappa shape index (κ2) is 3.02. The first-order chi connectivity index (χ1) is 5.05. The molecule has 1 rings (SSSR count). The number of rotatable bonds is 3. The largest absolute Gasteiger partial charge is 0.350 e. The summed E-state index contributed by atoms with van der Waals surface area (Å²) in [6.45, 7) is 3.86. The van der Waals surface area contributed by atoms with Gasteiger partial charge in [0.15, 0.2) is 0 Å². The van der Waals surface area contributed by atoms with E-state index in [9.17, 15) is 4.79 Å². The Hall–Kier alpha value is -0.240. The van der Waals surface area contributed by atoms with Crippen LogP contribution in [0, 0.1) is 5.92 Å². The Morgan fingerprint density at radius 1 is 1.64 bits per heavy atom. The molecular weight excluding hydrogens is 162 g/mol. The highest BCUT2D eigenvalue weighted by molar-refractivity contribution is 6.18. The van der Waals surface area contributed by atoms with Gasteiger partial charge in [-0.3, -0.25) is 4.79 Å². The van der Waals surface area contributed by atoms with Crippen LogP contribution in [0.25, 0.3) is 0 Å². The molecule has 1 aliphatic carbocycles. The van der Waals surface area contributed by atoms with Gasteiger partial charge in [-0.05, 0) is 26.7 Å². The Morgan fingerprint density at radius 3 is 2.55 bits per heavy atom. The van der Waals surface area contributed by atoms with Crippen LogP contribution < -0.4 is 5.32 Å². The van der Waals surface area contributed by atoms with E-state index < -0.39 is 0 Å². The smallest absolute Gasteiger partial charge is 0.223 e. The van der Waals surface area contributed by atoms with Gasteiger partial charge in [0.05, 0.1) is 0 Å². The van der Waals surface area contributed by atoms with Gasteiger partial charge in [0, 0.05) is 17.3 Å². The minimum Gasteiger partial charge on any atom is -0.350 e. The van der Waals surface area contributed by atoms with Crippen LogP contribution in [-0.2, 0) is 4.79 Å². The topological polar surface area (TPSA) is 29.1 Å². The molecular formula is C8H14ClNO. The molecule has 1 saturated carbocycles. The normalized spacial score (nSPS) is 18.1. The van der Waals surface area contributed by atoms with Crippen molar-refractivity contribution >= 4 is 17.5 Å². The van der Waals surface area contributed by atoms with Crippen molar-refractivity contribution in [1.82, 2.24) is 5.32 Å². The molecule has 0 aromatic heterocycles. The predicted octanol–water partition coefficient (Wildman–Crippen LogP) is 1.53. The fourth-order valence-electron chi connectivity index (χ4n) is 0.815. The van der Waals surface area contributed by atoms with Crippen LogP contribution >= 0.6 is 11.6 Å². The Kier molecular flexibility index (Phi) is 2.43. The minimum absolute atomic E-state index is 0.163. The molecule has 1 fully saturated rings. The molecule has 0 aromatic rings. The summed E-state index contributed by atoms with van der Waals surface area (Å²) in [6.07, 6.45) is 2.09. The lowest BCUT2D eigenvalue weighted by atomic mass is 10.1. The van der Waals surface area contributed by atoms with E-state index >= 15 is 0 Å². The molecule has 1 aliphatic rings. The average molecular weight is 176 g/mol. The van der Waals surface area contributed by atoms with Crippen molar-refractivity contribution in [2.75, 3.05) is 5.88 Å². The lowest BCUT2D eigenvalue weighted by Gasteiger charge is -2.23. The van der Waals surface area contributed by atoms with Crippen molar-refractivity contribution in [3.05, 3.63) is 0 Å². The Labute approximate surface area is 72.3 Å². The van der Waals surface area contributed by atoms with Crippen molar-refractivity contribution in [3.8, 4) is 0 Å². The average Bonchev–Trinajstić information content (AvgIpc) is 2.67. The maximum absolute atomic E-state index is 11.2. The summed E-state index contributed by atoms with van der Waals surface area (Å²) >= 11 is 5.65. The molecule has 1 N–H and O–H groups in total. The maximum atomic E-state index is 11.2. The molecule has 0 radical (unpaired) electrons. The molecule has 0 saturated heterocycles. The van der Waals surface area contributed by atoms with Gasteiger partial charge in [0.1, 0.15) is 0 Å². The van der Waals surface area contributed by atoms with Crippen LogP contribution in [0.15, 0.2) is 0 Å². The van der Waals surface area contributed by atoms with E-state index in [2.05, 4.69) is 5.32 Å². The summed E-state index contributed by atoms with van der Waals surface area (Å²) < 4.78 is 0. The van der Waals surface area contributed by atoms with Gasteiger partial charge in [-0.25, -0.2) is 0 Å². The monoisotopic (exact) mass is 175 g/mol. The third-order valence-electron chi connectivity index (χ3n) is 1.74. The zero-order valence-electron chi connectivity index (χ0n) is 6.98. The standard InChI is InChI=1S/C8H14ClNO/c1-8(2,5-9)10-7(11)6-3-4-6/h6H,3-5H2,1-2H3,(H,10,11). The summed E-state index contributed by atoms with van der Waals surface area (Å²) in [5.41, 5.74) is -0.249. The SMILES string of the molecule is CC(C)(CCl)NC(=O)C1CC1. The van der Waals surface area contributed by atoms with Gasteiger partial charge >= 0.3 is 0 Å². The van der Waals surface area contributed by atoms with Gasteiger partial charge < -0.3 is 5.32 Å². The van der Waals surface area contributed by atoms with Gasteiger partial charge in [0.2, 0.25) is 5.91 Å². The van der Waals surface area contributed by atoms with E-state index in [1.165, 1.54) is 0 Å². The van der Waals surface area contributed by atoms with E-state index in [1.807, 2.05) is 13.8 Å². The van der Waals surface area contributed by atoms with E-state index in [1.54, 1.807) is 0 Å². The van der Waals surface area contributed by atoms with E-state index in [0.29, 0.717) is 5.88 Å². The molecule has 0 spiro atoms. The quantitative estimate of drug-likeness (QED) is 0.648. The fraction of sp³-hybridized carbons (Fsp3) is 0.875. The highest BCUT2D eigenvalue weighted by Crippen LogP contribution is 2.29. The minimum atomic E-state index is -0.249. The second-order valence-corrected chi connectivity index (χ2v) is 4.05. The van der Waals surface area contributed by atoms with Crippen molar-refractivity contribution in [2.24, 2.45) is 5.92 Å². The van der Waals surface area contributed by atoms with Crippen LogP contribution in [0.4, 0.5) is 0 Å². The van der Waals surface area contributed by atoms with Crippen LogP contribution in [0.3, 0.4) is 0 Å². The lowest BCUT2D eigenvalue weighted by molar-refractivity contribution is -0.123. The summed E-state index contributed by atoms with van der Waals surface area (Å²) in [5, 5.41) is 2.90. The first-order valence-corrected chi connectivity index (χ1v) is 4.46. The number of alkyl halides is 1. The fourth-order valence-corrected chi connectivity index (χ4v) is 0.881. The van der Waals surface area contributed by atoms with Crippen LogP contribution in [0.5, 0.6) is 0 Å². The Morgan fingerprint density at radius 2 is 2.18 bits per heavy atom. The van der Waals surface area contributed by atoms with Gasteiger partial charge in [0.25, 0.3) is 0 Å². The number of carbonyl (C=O) groups excluding carboxylic acids is 1. The summed E-state index contributed by atoms with van der Waals surface area (Å²) in [4.78, 5) is 11.2. The van der Waals surface area contributed by atoms with Crippen molar-refractivity contribution < 1.29 is 4.79 Å². The van der Waals surface area contributed by atoms with Crippen molar-refractivity contribution in [3.63, 3.8) is 0 Å². The summed E-state index contributed by atoms with van der Waals surface area (Å²) in [6, 6.07) is 0. The molecule has 11 heavy (non-hydrogen) atoms. The van der Waals surface area contributed by atoms with E-state index in [4.69, 9.17) is 11.6 Å². The number of nitrogens with one attached hydrogen (secondary N) is 1. The number of hydrogen-bond donors (Lipinski definition) is 1. The molecule has 0 unspecified atom stereocenters. The maximum Gasteiger partial charge on any atom is 0.223 e. The molecule has 2 nitrogen and oxygen atoms in total. The first kappa shape index (κ1) is 8.85. The molecule has 0 aromatic carbocycles. The Balaban J connectivity index is 2.33. The van der Waals surface area contributed by atoms with Gasteiger partial charge in [-0.1, -0.05) is 0 Å². The molecule has 0 aliphatic heterocycles. The summed E-state index contributed by atoms with van der Waals surface area (Å²) in [5.74, 6) is 0.902. The van der Waals surface area contributed by atoms with E-state index in [-0.39, 0.29) is 17.4 Å². The molecule has 1 amide bonds. The number of halogens is 1. The second-order valence-electron chi connectivity index (χ2n) is 3.78. The molecule has 64 valence electrons. The third-order valence-corrected chi connectivity index (χ3v) is 2.41.